The van der Waals surface area contributed by atoms with Gasteiger partial charge in [0.05, 0.1) is 18.4 Å². The molecule has 104 valence electrons. The van der Waals surface area contributed by atoms with Crippen molar-refractivity contribution in [3.05, 3.63) is 42.0 Å². The van der Waals surface area contributed by atoms with Crippen LogP contribution in [-0.4, -0.2) is 38.7 Å². The zero-order chi connectivity index (χ0) is 13.8. The Morgan fingerprint density at radius 3 is 3.00 bits per heavy atom. The van der Waals surface area contributed by atoms with Crippen molar-refractivity contribution in [3.8, 4) is 5.69 Å². The molecule has 5 nitrogen and oxygen atoms in total. The molecule has 3 rings (SSSR count). The summed E-state index contributed by atoms with van der Waals surface area (Å²) in [6, 6.07) is 9.91. The molecule has 0 radical (unpaired) electrons. The summed E-state index contributed by atoms with van der Waals surface area (Å²) < 4.78 is 7.48. The molecule has 1 aromatic carbocycles. The molecule has 0 amide bonds. The van der Waals surface area contributed by atoms with E-state index in [0.29, 0.717) is 6.61 Å². The van der Waals surface area contributed by atoms with Gasteiger partial charge in [-0.1, -0.05) is 41.6 Å². The van der Waals surface area contributed by atoms with E-state index >= 15 is 0 Å². The molecule has 2 heterocycles. The first-order chi connectivity index (χ1) is 9.83. The van der Waals surface area contributed by atoms with Crippen molar-refractivity contribution in [2.24, 2.45) is 0 Å². The van der Waals surface area contributed by atoms with Crippen LogP contribution in [0.2, 0.25) is 0 Å². The van der Waals surface area contributed by atoms with E-state index < -0.39 is 0 Å². The lowest BCUT2D eigenvalue weighted by atomic mass is 10.1. The van der Waals surface area contributed by atoms with Crippen molar-refractivity contribution in [3.63, 3.8) is 0 Å². The first-order valence-electron chi connectivity index (χ1n) is 6.57. The van der Waals surface area contributed by atoms with Gasteiger partial charge in [0, 0.05) is 5.75 Å². The van der Waals surface area contributed by atoms with Crippen molar-refractivity contribution in [1.29, 1.82) is 0 Å². The molecule has 0 N–H and O–H groups in total. The number of hydrogen-bond acceptors (Lipinski definition) is 5. The van der Waals surface area contributed by atoms with Crippen molar-refractivity contribution >= 4 is 11.8 Å². The van der Waals surface area contributed by atoms with E-state index in [0.717, 1.165) is 23.0 Å². The predicted octanol–water partition coefficient (Wildman–Crippen LogP) is 2.49. The van der Waals surface area contributed by atoms with Crippen molar-refractivity contribution in [1.82, 2.24) is 20.2 Å². The van der Waals surface area contributed by atoms with Crippen LogP contribution < -0.4 is 0 Å². The number of hydrogen-bond donors (Lipinski definition) is 0. The Balaban J connectivity index is 1.67. The largest absolute Gasteiger partial charge is 0.373 e. The molecule has 1 atom stereocenters. The quantitative estimate of drug-likeness (QED) is 0.639. The van der Waals surface area contributed by atoms with Gasteiger partial charge < -0.3 is 4.74 Å². The van der Waals surface area contributed by atoms with Gasteiger partial charge in [0.1, 0.15) is 0 Å². The number of rotatable bonds is 4. The van der Waals surface area contributed by atoms with Gasteiger partial charge in [-0.2, -0.15) is 4.68 Å². The molecule has 0 bridgehead atoms. The maximum Gasteiger partial charge on any atom is 0.214 e. The van der Waals surface area contributed by atoms with Crippen LogP contribution in [0.1, 0.15) is 13.3 Å². The maximum absolute atomic E-state index is 5.72. The van der Waals surface area contributed by atoms with E-state index in [1.807, 2.05) is 30.3 Å². The van der Waals surface area contributed by atoms with E-state index in [-0.39, 0.29) is 6.10 Å². The Hall–Kier alpha value is -1.66. The standard InChI is InChI=1S/C14H16N4OS/c1-11-7-8-19-13(9-11)10-20-14-15-16-17-18(14)12-5-3-2-4-6-12/h2-7,13H,8-10H2,1H3/t13-/m0/s1. The molecule has 0 unspecified atom stereocenters. The number of tetrazole rings is 1. The number of aromatic nitrogens is 4. The number of thioether (sulfide) groups is 1. The van der Waals surface area contributed by atoms with E-state index in [4.69, 9.17) is 4.74 Å². The van der Waals surface area contributed by atoms with E-state index in [9.17, 15) is 0 Å². The molecule has 1 aliphatic heterocycles. The van der Waals surface area contributed by atoms with Gasteiger partial charge in [0.2, 0.25) is 5.16 Å². The molecule has 1 aliphatic rings. The molecule has 2 aromatic rings. The number of nitrogens with zero attached hydrogens (tertiary/aromatic N) is 4. The topological polar surface area (TPSA) is 52.8 Å². The van der Waals surface area contributed by atoms with Gasteiger partial charge in [-0.3, -0.25) is 0 Å². The third-order valence-electron chi connectivity index (χ3n) is 3.15. The Morgan fingerprint density at radius 2 is 2.20 bits per heavy atom. The van der Waals surface area contributed by atoms with Crippen molar-refractivity contribution < 1.29 is 4.74 Å². The Bertz CT molecular complexity index is 596. The lowest BCUT2D eigenvalue weighted by Crippen LogP contribution is -2.20. The lowest BCUT2D eigenvalue weighted by Gasteiger charge is -2.21. The zero-order valence-corrected chi connectivity index (χ0v) is 12.1. The van der Waals surface area contributed by atoms with Gasteiger partial charge in [0.25, 0.3) is 0 Å². The molecular formula is C14H16N4OS. The number of ether oxygens (including phenoxy) is 1. The smallest absolute Gasteiger partial charge is 0.214 e. The third-order valence-corrected chi connectivity index (χ3v) is 4.20. The predicted molar refractivity (Wildman–Crippen MR) is 78.0 cm³/mol. The summed E-state index contributed by atoms with van der Waals surface area (Å²) in [5, 5.41) is 12.7. The minimum atomic E-state index is 0.242. The number of para-hydroxylation sites is 1. The fourth-order valence-corrected chi connectivity index (χ4v) is 3.01. The second-order valence-electron chi connectivity index (χ2n) is 4.73. The SMILES string of the molecule is CC1=CCO[C@H](CSc2nnnn2-c2ccccc2)C1. The fourth-order valence-electron chi connectivity index (χ4n) is 2.10. The monoisotopic (exact) mass is 288 g/mol. The molecule has 0 fully saturated rings. The van der Waals surface area contributed by atoms with Crippen LogP contribution in [0, 0.1) is 0 Å². The highest BCUT2D eigenvalue weighted by molar-refractivity contribution is 7.99. The molecule has 6 heteroatoms. The zero-order valence-electron chi connectivity index (χ0n) is 11.3. The van der Waals surface area contributed by atoms with Gasteiger partial charge in [-0.25, -0.2) is 0 Å². The molecule has 0 aliphatic carbocycles. The number of benzene rings is 1. The van der Waals surface area contributed by atoms with Crippen LogP contribution in [-0.2, 0) is 4.74 Å². The van der Waals surface area contributed by atoms with Gasteiger partial charge in [-0.15, -0.1) is 5.10 Å². The van der Waals surface area contributed by atoms with Crippen molar-refractivity contribution in [2.75, 3.05) is 12.4 Å². The first-order valence-corrected chi connectivity index (χ1v) is 7.55. The molecule has 0 saturated carbocycles. The summed E-state index contributed by atoms with van der Waals surface area (Å²) in [5.41, 5.74) is 2.37. The molecule has 0 saturated heterocycles. The van der Waals surface area contributed by atoms with Crippen LogP contribution >= 0.6 is 11.8 Å². The van der Waals surface area contributed by atoms with Crippen LogP contribution in [0.25, 0.3) is 5.69 Å². The van der Waals surface area contributed by atoms with Crippen molar-refractivity contribution in [2.45, 2.75) is 24.6 Å². The lowest BCUT2D eigenvalue weighted by molar-refractivity contribution is 0.0818. The highest BCUT2D eigenvalue weighted by Gasteiger charge is 2.16. The fraction of sp³-hybridized carbons (Fsp3) is 0.357. The summed E-state index contributed by atoms with van der Waals surface area (Å²) in [4.78, 5) is 0. The summed E-state index contributed by atoms with van der Waals surface area (Å²) >= 11 is 1.63. The Labute approximate surface area is 122 Å². The van der Waals surface area contributed by atoms with Gasteiger partial charge in [-0.05, 0) is 35.9 Å². The van der Waals surface area contributed by atoms with E-state index in [1.54, 1.807) is 16.4 Å². The van der Waals surface area contributed by atoms with Crippen LogP contribution in [0.5, 0.6) is 0 Å². The van der Waals surface area contributed by atoms with Gasteiger partial charge >= 0.3 is 0 Å². The average Bonchev–Trinajstić information content (AvgIpc) is 2.95. The Kier molecular flexibility index (Phi) is 4.13. The second-order valence-corrected chi connectivity index (χ2v) is 5.72. The second kappa shape index (κ2) is 6.19. The molecule has 0 spiro atoms. The Morgan fingerprint density at radius 1 is 1.35 bits per heavy atom. The molecule has 1 aromatic heterocycles. The highest BCUT2D eigenvalue weighted by Crippen LogP contribution is 2.23. The normalized spacial score (nSPS) is 18.9. The summed E-state index contributed by atoms with van der Waals surface area (Å²) in [7, 11) is 0. The first kappa shape index (κ1) is 13.3. The average molecular weight is 288 g/mol. The summed E-state index contributed by atoms with van der Waals surface area (Å²) in [6.07, 6.45) is 3.36. The van der Waals surface area contributed by atoms with Crippen LogP contribution in [0.15, 0.2) is 47.1 Å². The molecular weight excluding hydrogens is 272 g/mol. The minimum absolute atomic E-state index is 0.242. The minimum Gasteiger partial charge on any atom is -0.373 e. The summed E-state index contributed by atoms with van der Waals surface area (Å²) in [6.45, 7) is 2.86. The maximum atomic E-state index is 5.72. The summed E-state index contributed by atoms with van der Waals surface area (Å²) in [5.74, 6) is 0.860. The van der Waals surface area contributed by atoms with E-state index in [2.05, 4.69) is 28.5 Å². The van der Waals surface area contributed by atoms with Crippen LogP contribution in [0.4, 0.5) is 0 Å². The van der Waals surface area contributed by atoms with Gasteiger partial charge in [0.15, 0.2) is 0 Å². The van der Waals surface area contributed by atoms with Crippen LogP contribution in [0.3, 0.4) is 0 Å². The third kappa shape index (κ3) is 3.08. The van der Waals surface area contributed by atoms with E-state index in [1.165, 1.54) is 5.57 Å². The molecule has 20 heavy (non-hydrogen) atoms. The highest BCUT2D eigenvalue weighted by atomic mass is 32.2.